The van der Waals surface area contributed by atoms with Crippen LogP contribution in [0.5, 0.6) is 0 Å². The van der Waals surface area contributed by atoms with Crippen LogP contribution in [0.15, 0.2) is 0 Å². The zero-order valence-corrected chi connectivity index (χ0v) is 10.3. The van der Waals surface area contributed by atoms with Crippen molar-refractivity contribution in [2.45, 2.75) is 65.6 Å². The van der Waals surface area contributed by atoms with E-state index in [1.807, 2.05) is 0 Å². The highest BCUT2D eigenvalue weighted by molar-refractivity contribution is 5.69. The molecule has 3 nitrogen and oxygen atoms in total. The van der Waals surface area contributed by atoms with Crippen LogP contribution in [0.4, 0.5) is 0 Å². The Morgan fingerprint density at radius 3 is 2.40 bits per heavy atom. The molecule has 0 N–H and O–H groups in total. The Kier molecular flexibility index (Phi) is 9.59. The highest BCUT2D eigenvalue weighted by Crippen LogP contribution is 2.04. The van der Waals surface area contributed by atoms with Crippen LogP contribution in [0.1, 0.15) is 59.3 Å². The van der Waals surface area contributed by atoms with Gasteiger partial charge >= 0.3 is 5.97 Å². The van der Waals surface area contributed by atoms with E-state index >= 15 is 0 Å². The third-order valence-corrected chi connectivity index (χ3v) is 2.13. The lowest BCUT2D eigenvalue weighted by atomic mass is 10.2. The molecule has 0 aliphatic rings. The minimum Gasteiger partial charge on any atom is -0.436 e. The first-order valence-corrected chi connectivity index (χ1v) is 6.01. The normalized spacial score (nSPS) is 12.5. The van der Waals surface area contributed by atoms with E-state index in [4.69, 9.17) is 9.47 Å². The first kappa shape index (κ1) is 14.4. The second-order valence-electron chi connectivity index (χ2n) is 3.74. The molecule has 0 aromatic heterocycles. The number of esters is 1. The molecule has 0 spiro atoms. The smallest absolute Gasteiger partial charge is 0.308 e. The molecule has 0 amide bonds. The Labute approximate surface area is 93.1 Å². The molecule has 0 aliphatic heterocycles. The van der Waals surface area contributed by atoms with Crippen LogP contribution in [0, 0.1) is 0 Å². The molecule has 0 fully saturated rings. The van der Waals surface area contributed by atoms with Crippen molar-refractivity contribution in [1.82, 2.24) is 0 Å². The number of carbonyl (C=O) groups is 1. The zero-order chi connectivity index (χ0) is 11.5. The monoisotopic (exact) mass is 216 g/mol. The van der Waals surface area contributed by atoms with Crippen molar-refractivity contribution in [2.24, 2.45) is 0 Å². The van der Waals surface area contributed by atoms with Gasteiger partial charge in [-0.3, -0.25) is 4.79 Å². The van der Waals surface area contributed by atoms with Crippen molar-refractivity contribution in [3.05, 3.63) is 0 Å². The fourth-order valence-electron chi connectivity index (χ4n) is 1.19. The summed E-state index contributed by atoms with van der Waals surface area (Å²) in [4.78, 5) is 11.3. The molecule has 0 aliphatic carbocycles. The summed E-state index contributed by atoms with van der Waals surface area (Å²) in [7, 11) is 0. The Balaban J connectivity index is 3.40. The van der Waals surface area contributed by atoms with Gasteiger partial charge in [-0.15, -0.1) is 0 Å². The van der Waals surface area contributed by atoms with Gasteiger partial charge in [0.15, 0.2) is 6.29 Å². The summed E-state index contributed by atoms with van der Waals surface area (Å²) in [5.41, 5.74) is 0. The second kappa shape index (κ2) is 9.97. The lowest BCUT2D eigenvalue weighted by molar-refractivity contribution is -0.175. The third kappa shape index (κ3) is 9.73. The van der Waals surface area contributed by atoms with Crippen molar-refractivity contribution in [3.63, 3.8) is 0 Å². The summed E-state index contributed by atoms with van der Waals surface area (Å²) in [6, 6.07) is 0. The molecular formula is C12H24O3. The molecule has 90 valence electrons. The molecule has 15 heavy (non-hydrogen) atoms. The van der Waals surface area contributed by atoms with Crippen LogP contribution in [0.3, 0.4) is 0 Å². The molecule has 0 radical (unpaired) electrons. The van der Waals surface area contributed by atoms with E-state index < -0.39 is 6.29 Å². The maximum Gasteiger partial charge on any atom is 0.308 e. The molecule has 1 atom stereocenters. The zero-order valence-electron chi connectivity index (χ0n) is 10.3. The summed E-state index contributed by atoms with van der Waals surface area (Å²) in [6.07, 6.45) is 5.34. The van der Waals surface area contributed by atoms with Gasteiger partial charge in [0, 0.05) is 6.42 Å². The standard InChI is InChI=1S/C12H24O3/c1-4-6-8-9-12(13)15-11(3)14-10-7-5-2/h11H,4-10H2,1-3H3. The number of hydrogen-bond donors (Lipinski definition) is 0. The van der Waals surface area contributed by atoms with Crippen LogP contribution in [-0.4, -0.2) is 18.9 Å². The Bertz CT molecular complexity index is 157. The van der Waals surface area contributed by atoms with Crippen LogP contribution in [0.25, 0.3) is 0 Å². The SMILES string of the molecule is CCCCCC(=O)OC(C)OCCCC. The van der Waals surface area contributed by atoms with E-state index in [0.717, 1.165) is 32.1 Å². The highest BCUT2D eigenvalue weighted by atomic mass is 16.7. The van der Waals surface area contributed by atoms with E-state index in [0.29, 0.717) is 13.0 Å². The van der Waals surface area contributed by atoms with Crippen LogP contribution in [-0.2, 0) is 14.3 Å². The van der Waals surface area contributed by atoms with Gasteiger partial charge < -0.3 is 9.47 Å². The van der Waals surface area contributed by atoms with Gasteiger partial charge in [0.05, 0.1) is 6.61 Å². The van der Waals surface area contributed by atoms with Crippen molar-refractivity contribution in [2.75, 3.05) is 6.61 Å². The Morgan fingerprint density at radius 1 is 1.13 bits per heavy atom. The maximum atomic E-state index is 11.3. The molecule has 0 rings (SSSR count). The maximum absolute atomic E-state index is 11.3. The summed E-state index contributed by atoms with van der Waals surface area (Å²) in [5, 5.41) is 0. The first-order valence-electron chi connectivity index (χ1n) is 6.01. The third-order valence-electron chi connectivity index (χ3n) is 2.13. The quantitative estimate of drug-likeness (QED) is 0.337. The van der Waals surface area contributed by atoms with Gasteiger partial charge in [-0.05, 0) is 19.8 Å². The molecule has 0 heterocycles. The predicted octanol–water partition coefficient (Wildman–Crippen LogP) is 3.27. The number of rotatable bonds is 9. The van der Waals surface area contributed by atoms with E-state index in [2.05, 4.69) is 13.8 Å². The van der Waals surface area contributed by atoms with Gasteiger partial charge in [-0.25, -0.2) is 0 Å². The Hall–Kier alpha value is -0.570. The molecule has 3 heteroatoms. The summed E-state index contributed by atoms with van der Waals surface area (Å²) in [5.74, 6) is -0.146. The van der Waals surface area contributed by atoms with E-state index in [9.17, 15) is 4.79 Å². The van der Waals surface area contributed by atoms with E-state index in [1.165, 1.54) is 0 Å². The van der Waals surface area contributed by atoms with Crippen molar-refractivity contribution in [3.8, 4) is 0 Å². The molecule has 0 aromatic rings. The molecule has 0 saturated heterocycles. The van der Waals surface area contributed by atoms with E-state index in [-0.39, 0.29) is 5.97 Å². The minimum absolute atomic E-state index is 0.146. The average Bonchev–Trinajstić information content (AvgIpc) is 2.18. The Morgan fingerprint density at radius 2 is 1.80 bits per heavy atom. The topological polar surface area (TPSA) is 35.5 Å². The first-order chi connectivity index (χ1) is 7.20. The van der Waals surface area contributed by atoms with Crippen molar-refractivity contribution in [1.29, 1.82) is 0 Å². The molecular weight excluding hydrogens is 192 g/mol. The largest absolute Gasteiger partial charge is 0.436 e. The van der Waals surface area contributed by atoms with E-state index in [1.54, 1.807) is 6.92 Å². The van der Waals surface area contributed by atoms with Crippen molar-refractivity contribution >= 4 is 5.97 Å². The number of ether oxygens (including phenoxy) is 2. The predicted molar refractivity (Wildman–Crippen MR) is 60.6 cm³/mol. The van der Waals surface area contributed by atoms with Crippen molar-refractivity contribution < 1.29 is 14.3 Å². The van der Waals surface area contributed by atoms with Crippen LogP contribution < -0.4 is 0 Å². The second-order valence-corrected chi connectivity index (χ2v) is 3.74. The molecule has 0 bridgehead atoms. The van der Waals surface area contributed by atoms with Gasteiger partial charge in [-0.1, -0.05) is 33.1 Å². The van der Waals surface area contributed by atoms with Crippen LogP contribution >= 0.6 is 0 Å². The molecule has 0 aromatic carbocycles. The summed E-state index contributed by atoms with van der Waals surface area (Å²) >= 11 is 0. The fraction of sp³-hybridized carbons (Fsp3) is 0.917. The van der Waals surface area contributed by atoms with Gasteiger partial charge in [0.1, 0.15) is 0 Å². The molecule has 1 unspecified atom stereocenters. The van der Waals surface area contributed by atoms with Gasteiger partial charge in [0.25, 0.3) is 0 Å². The lowest BCUT2D eigenvalue weighted by Gasteiger charge is -2.13. The fourth-order valence-corrected chi connectivity index (χ4v) is 1.19. The van der Waals surface area contributed by atoms with Crippen LogP contribution in [0.2, 0.25) is 0 Å². The highest BCUT2D eigenvalue weighted by Gasteiger charge is 2.08. The van der Waals surface area contributed by atoms with Gasteiger partial charge in [0.2, 0.25) is 0 Å². The molecule has 0 saturated carbocycles. The summed E-state index contributed by atoms with van der Waals surface area (Å²) in [6.45, 7) is 6.65. The number of unbranched alkanes of at least 4 members (excludes halogenated alkanes) is 3. The lowest BCUT2D eigenvalue weighted by Crippen LogP contribution is -2.18. The number of hydrogen-bond acceptors (Lipinski definition) is 3. The minimum atomic E-state index is -0.398. The average molecular weight is 216 g/mol. The summed E-state index contributed by atoms with van der Waals surface area (Å²) < 4.78 is 10.4. The number of carbonyl (C=O) groups excluding carboxylic acids is 1. The van der Waals surface area contributed by atoms with Gasteiger partial charge in [-0.2, -0.15) is 0 Å².